The minimum absolute atomic E-state index is 0.171. The van der Waals surface area contributed by atoms with Crippen molar-refractivity contribution in [1.82, 2.24) is 60.0 Å². The number of rotatable bonds is 10. The maximum absolute atomic E-state index is 4.93. The normalized spacial score (nSPS) is 24.1. The summed E-state index contributed by atoms with van der Waals surface area (Å²) in [5.41, 5.74) is 2.44. The van der Waals surface area contributed by atoms with Crippen LogP contribution in [0.5, 0.6) is 0 Å². The van der Waals surface area contributed by atoms with E-state index in [-0.39, 0.29) is 11.1 Å². The number of hydrogen-bond donors (Lipinski definition) is 0. The molecule has 5 aliphatic rings. The van der Waals surface area contributed by atoms with Crippen molar-refractivity contribution in [3.8, 4) is 0 Å². The second kappa shape index (κ2) is 16.3. The third-order valence-corrected chi connectivity index (χ3v) is 14.0. The lowest BCUT2D eigenvalue weighted by Gasteiger charge is -2.54. The van der Waals surface area contributed by atoms with E-state index in [2.05, 4.69) is 100 Å². The van der Waals surface area contributed by atoms with Gasteiger partial charge in [-0.25, -0.2) is 9.36 Å². The van der Waals surface area contributed by atoms with Crippen LogP contribution in [0.1, 0.15) is 125 Å². The van der Waals surface area contributed by atoms with Gasteiger partial charge in [-0.15, -0.1) is 10.2 Å². The molecule has 12 heteroatoms. The maximum Gasteiger partial charge on any atom is 0.171 e. The van der Waals surface area contributed by atoms with Crippen molar-refractivity contribution in [2.75, 3.05) is 52.4 Å². The number of nitrogens with zero attached hydrogens (tertiary/aromatic N) is 12. The average molecular weight is 733 g/mol. The van der Waals surface area contributed by atoms with Crippen molar-refractivity contribution in [2.45, 2.75) is 126 Å². The third kappa shape index (κ3) is 7.27. The minimum atomic E-state index is -0.171. The van der Waals surface area contributed by atoms with Gasteiger partial charge in [0.2, 0.25) is 0 Å². The van der Waals surface area contributed by atoms with Crippen molar-refractivity contribution in [3.05, 3.63) is 83.4 Å². The van der Waals surface area contributed by atoms with Gasteiger partial charge in [0.15, 0.2) is 11.6 Å². The highest BCUT2D eigenvalue weighted by atomic mass is 15.6. The van der Waals surface area contributed by atoms with E-state index in [0.717, 1.165) is 103 Å². The average Bonchev–Trinajstić information content (AvgIpc) is 3.95. The molecule has 0 atom stereocenters. The zero-order chi connectivity index (χ0) is 36.2. The van der Waals surface area contributed by atoms with Crippen LogP contribution in [0.2, 0.25) is 0 Å². The van der Waals surface area contributed by atoms with Gasteiger partial charge < -0.3 is 0 Å². The van der Waals surface area contributed by atoms with Crippen LogP contribution >= 0.6 is 0 Å². The molecular formula is C42H60N12. The standard InChI is InChI=1S/C42H60N12/c1-5-13-35(14-6-1)33-49-25-21-41(22-26-49,39-43-45-47-53(39)37-17-9-3-10-18-37)51-29-31-52(32-30-51)42(40-44-46-48-54(40)38-19-11-4-12-20-38)23-27-50(28-24-42)34-36-15-7-2-8-16-36/h1-2,5-8,13-16,37-38H,3-4,9-12,17-34H2. The molecule has 0 amide bonds. The van der Waals surface area contributed by atoms with Crippen LogP contribution in [0.4, 0.5) is 0 Å². The van der Waals surface area contributed by atoms with E-state index in [1.54, 1.807) is 0 Å². The Kier molecular flexibility index (Phi) is 10.9. The van der Waals surface area contributed by atoms with E-state index < -0.39 is 0 Å². The Morgan fingerprint density at radius 1 is 0.463 bits per heavy atom. The van der Waals surface area contributed by atoms with Crippen molar-refractivity contribution in [3.63, 3.8) is 0 Å². The Balaban J connectivity index is 0.977. The highest BCUT2D eigenvalue weighted by Crippen LogP contribution is 2.45. The Morgan fingerprint density at radius 3 is 1.20 bits per heavy atom. The summed E-state index contributed by atoms with van der Waals surface area (Å²) in [6.07, 6.45) is 16.6. The third-order valence-electron chi connectivity index (χ3n) is 14.0. The molecule has 2 aliphatic carbocycles. The Bertz CT molecular complexity index is 1610. The summed E-state index contributed by atoms with van der Waals surface area (Å²) in [5.74, 6) is 2.24. The highest BCUT2D eigenvalue weighted by Gasteiger charge is 2.51. The van der Waals surface area contributed by atoms with E-state index in [4.69, 9.17) is 20.6 Å². The zero-order valence-electron chi connectivity index (χ0n) is 32.3. The van der Waals surface area contributed by atoms with Crippen LogP contribution < -0.4 is 0 Å². The number of piperidine rings is 2. The van der Waals surface area contributed by atoms with Gasteiger partial charge in [0.25, 0.3) is 0 Å². The number of aromatic nitrogens is 8. The van der Waals surface area contributed by atoms with Crippen molar-refractivity contribution in [1.29, 1.82) is 0 Å². The lowest BCUT2D eigenvalue weighted by atomic mass is 9.81. The molecule has 2 aromatic heterocycles. The molecule has 2 saturated carbocycles. The smallest absolute Gasteiger partial charge is 0.171 e. The first-order chi connectivity index (χ1) is 26.7. The van der Waals surface area contributed by atoms with Crippen LogP contribution in [-0.2, 0) is 24.2 Å². The summed E-state index contributed by atoms with van der Waals surface area (Å²) in [7, 11) is 0. The van der Waals surface area contributed by atoms with Gasteiger partial charge in [-0.3, -0.25) is 19.6 Å². The molecule has 0 bridgehead atoms. The molecule has 3 saturated heterocycles. The number of likely N-dealkylation sites (tertiary alicyclic amines) is 2. The predicted molar refractivity (Wildman–Crippen MR) is 208 cm³/mol. The molecule has 0 radical (unpaired) electrons. The monoisotopic (exact) mass is 733 g/mol. The van der Waals surface area contributed by atoms with Gasteiger partial charge in [-0.2, -0.15) is 0 Å². The highest BCUT2D eigenvalue weighted by molar-refractivity contribution is 5.18. The van der Waals surface area contributed by atoms with Crippen LogP contribution in [0.15, 0.2) is 60.7 Å². The molecule has 5 heterocycles. The topological polar surface area (TPSA) is 100 Å². The van der Waals surface area contributed by atoms with E-state index in [0.29, 0.717) is 12.1 Å². The van der Waals surface area contributed by atoms with Gasteiger partial charge in [0, 0.05) is 65.4 Å². The van der Waals surface area contributed by atoms with E-state index in [1.807, 2.05) is 0 Å². The van der Waals surface area contributed by atoms with Crippen LogP contribution in [0.25, 0.3) is 0 Å². The van der Waals surface area contributed by atoms with Gasteiger partial charge >= 0.3 is 0 Å². The van der Waals surface area contributed by atoms with E-state index in [9.17, 15) is 0 Å². The molecule has 0 spiro atoms. The largest absolute Gasteiger partial charge is 0.299 e. The number of piperazine rings is 1. The summed E-state index contributed by atoms with van der Waals surface area (Å²) in [6.45, 7) is 10.2. The first-order valence-electron chi connectivity index (χ1n) is 21.3. The second-order valence-corrected chi connectivity index (χ2v) is 17.0. The first kappa shape index (κ1) is 36.1. The van der Waals surface area contributed by atoms with Crippen LogP contribution in [-0.4, -0.2) is 112 Å². The summed E-state index contributed by atoms with van der Waals surface area (Å²) in [4.78, 5) is 10.9. The van der Waals surface area contributed by atoms with E-state index in [1.165, 1.54) is 75.3 Å². The van der Waals surface area contributed by atoms with Crippen molar-refractivity contribution < 1.29 is 0 Å². The summed E-state index contributed by atoms with van der Waals surface area (Å²) < 4.78 is 4.56. The number of tetrazole rings is 2. The molecule has 5 fully saturated rings. The van der Waals surface area contributed by atoms with Gasteiger partial charge in [-0.05, 0) is 83.3 Å². The molecular weight excluding hydrogens is 673 g/mol. The van der Waals surface area contributed by atoms with E-state index >= 15 is 0 Å². The SMILES string of the molecule is c1ccc(CN2CCC(c3nnnn3C3CCCCC3)(N3CCN(C4(c5nnnn5C5CCCCC5)CCN(Cc5ccccc5)CC4)CC3)CC2)cc1. The van der Waals surface area contributed by atoms with Gasteiger partial charge in [0.05, 0.1) is 23.2 Å². The summed E-state index contributed by atoms with van der Waals surface area (Å²) in [5, 5.41) is 28.2. The quantitative estimate of drug-likeness (QED) is 0.194. The molecule has 12 nitrogen and oxygen atoms in total. The lowest BCUT2D eigenvalue weighted by Crippen LogP contribution is -2.64. The molecule has 9 rings (SSSR count). The Morgan fingerprint density at radius 2 is 0.833 bits per heavy atom. The lowest BCUT2D eigenvalue weighted by molar-refractivity contribution is -0.0694. The molecule has 4 aromatic rings. The molecule has 3 aliphatic heterocycles. The molecule has 2 aromatic carbocycles. The fraction of sp³-hybridized carbons (Fsp3) is 0.667. The fourth-order valence-corrected chi connectivity index (χ4v) is 10.9. The van der Waals surface area contributed by atoms with Crippen molar-refractivity contribution in [2.24, 2.45) is 0 Å². The van der Waals surface area contributed by atoms with Gasteiger partial charge in [0.1, 0.15) is 0 Å². The summed E-state index contributed by atoms with van der Waals surface area (Å²) in [6, 6.07) is 22.7. The van der Waals surface area contributed by atoms with Crippen molar-refractivity contribution >= 4 is 0 Å². The van der Waals surface area contributed by atoms with Gasteiger partial charge in [-0.1, -0.05) is 99.2 Å². The Hall–Kier alpha value is -3.58. The minimum Gasteiger partial charge on any atom is -0.299 e. The second-order valence-electron chi connectivity index (χ2n) is 17.0. The fourth-order valence-electron chi connectivity index (χ4n) is 10.9. The maximum atomic E-state index is 4.93. The first-order valence-corrected chi connectivity index (χ1v) is 21.3. The van der Waals surface area contributed by atoms with Crippen LogP contribution in [0.3, 0.4) is 0 Å². The summed E-state index contributed by atoms with van der Waals surface area (Å²) >= 11 is 0. The zero-order valence-corrected chi connectivity index (χ0v) is 32.3. The molecule has 54 heavy (non-hydrogen) atoms. The Labute approximate surface area is 321 Å². The molecule has 0 N–H and O–H groups in total. The number of hydrogen-bond acceptors (Lipinski definition) is 10. The molecule has 288 valence electrons. The predicted octanol–water partition coefficient (Wildman–Crippen LogP) is 5.97. The van der Waals surface area contributed by atoms with Crippen LogP contribution in [0, 0.1) is 0 Å². The number of benzene rings is 2. The molecule has 0 unspecified atom stereocenters.